The van der Waals surface area contributed by atoms with Gasteiger partial charge in [-0.05, 0) is 56.1 Å². The Morgan fingerprint density at radius 2 is 2.12 bits per heavy atom. The third kappa shape index (κ3) is 4.81. The van der Waals surface area contributed by atoms with Gasteiger partial charge in [-0.1, -0.05) is 24.3 Å². The smallest absolute Gasteiger partial charge is 0.223 e. The predicted molar refractivity (Wildman–Crippen MR) is 95.6 cm³/mol. The molecule has 2 aliphatic heterocycles. The van der Waals surface area contributed by atoms with Gasteiger partial charge in [-0.3, -0.25) is 9.63 Å². The number of likely N-dealkylation sites (tertiary alicyclic amines) is 1. The Hall–Kier alpha value is -1.39. The lowest BCUT2D eigenvalue weighted by Gasteiger charge is -2.33. The van der Waals surface area contributed by atoms with Crippen LogP contribution in [-0.4, -0.2) is 48.7 Å². The van der Waals surface area contributed by atoms with Crippen LogP contribution in [0.15, 0.2) is 24.3 Å². The highest BCUT2D eigenvalue weighted by atomic mass is 16.7. The molecular formula is C20H30N2O2. The first-order valence-corrected chi connectivity index (χ1v) is 9.42. The van der Waals surface area contributed by atoms with Gasteiger partial charge >= 0.3 is 0 Å². The zero-order valence-electron chi connectivity index (χ0n) is 14.9. The summed E-state index contributed by atoms with van der Waals surface area (Å²) in [6.07, 6.45) is 6.38. The van der Waals surface area contributed by atoms with Crippen molar-refractivity contribution in [2.24, 2.45) is 5.92 Å². The van der Waals surface area contributed by atoms with E-state index in [1.807, 2.05) is 5.06 Å². The van der Waals surface area contributed by atoms with E-state index in [2.05, 4.69) is 36.1 Å². The summed E-state index contributed by atoms with van der Waals surface area (Å²) in [6, 6.07) is 8.65. The van der Waals surface area contributed by atoms with E-state index in [0.717, 1.165) is 52.0 Å². The molecule has 2 saturated heterocycles. The third-order valence-electron chi connectivity index (χ3n) is 5.36. The second-order valence-electron chi connectivity index (χ2n) is 7.18. The summed E-state index contributed by atoms with van der Waals surface area (Å²) >= 11 is 0. The Balaban J connectivity index is 1.43. The van der Waals surface area contributed by atoms with E-state index in [-0.39, 0.29) is 0 Å². The number of amides is 1. The molecule has 4 heteroatoms. The number of carbonyl (C=O) groups is 1. The second kappa shape index (κ2) is 8.63. The first kappa shape index (κ1) is 17.4. The minimum atomic E-state index is 0.297. The molecule has 1 aromatic carbocycles. The fourth-order valence-electron chi connectivity index (χ4n) is 3.83. The second-order valence-corrected chi connectivity index (χ2v) is 7.18. The zero-order chi connectivity index (χ0) is 16.8. The van der Waals surface area contributed by atoms with E-state index in [4.69, 9.17) is 4.84 Å². The molecule has 2 fully saturated rings. The fraction of sp³-hybridized carbons (Fsp3) is 0.650. The standard InChI is InChI=1S/C20H30N2O2/c1-17-6-2-3-8-19(17)10-9-18-7-4-12-21(16-18)20(23)11-14-22-13-5-15-24-22/h2-3,6,8,18H,4-5,7,9-16H2,1H3/t18-/m0/s1. The summed E-state index contributed by atoms with van der Waals surface area (Å²) in [5.74, 6) is 0.941. The van der Waals surface area contributed by atoms with Gasteiger partial charge in [0.05, 0.1) is 6.61 Å². The Kier molecular flexibility index (Phi) is 6.27. The van der Waals surface area contributed by atoms with E-state index < -0.39 is 0 Å². The lowest BCUT2D eigenvalue weighted by molar-refractivity contribution is -0.140. The minimum absolute atomic E-state index is 0.297. The summed E-state index contributed by atoms with van der Waals surface area (Å²) in [5.41, 5.74) is 2.83. The maximum absolute atomic E-state index is 12.5. The first-order valence-electron chi connectivity index (χ1n) is 9.42. The van der Waals surface area contributed by atoms with Crippen molar-refractivity contribution in [3.05, 3.63) is 35.4 Å². The van der Waals surface area contributed by atoms with Crippen LogP contribution in [0.5, 0.6) is 0 Å². The molecule has 0 bridgehead atoms. The molecule has 24 heavy (non-hydrogen) atoms. The molecule has 2 heterocycles. The number of aryl methyl sites for hydroxylation is 2. The SMILES string of the molecule is Cc1ccccc1CC[C@@H]1CCCN(C(=O)CCN2CCCO2)C1. The molecule has 0 aromatic heterocycles. The number of hydroxylamine groups is 2. The van der Waals surface area contributed by atoms with Crippen molar-refractivity contribution in [2.75, 3.05) is 32.8 Å². The molecule has 1 atom stereocenters. The van der Waals surface area contributed by atoms with Crippen LogP contribution in [0.25, 0.3) is 0 Å². The van der Waals surface area contributed by atoms with Crippen LogP contribution in [0.1, 0.15) is 43.2 Å². The van der Waals surface area contributed by atoms with Crippen molar-refractivity contribution in [2.45, 2.75) is 45.4 Å². The molecule has 1 aromatic rings. The highest BCUT2D eigenvalue weighted by molar-refractivity contribution is 5.76. The van der Waals surface area contributed by atoms with Gasteiger partial charge in [0.25, 0.3) is 0 Å². The zero-order valence-corrected chi connectivity index (χ0v) is 14.9. The molecule has 0 saturated carbocycles. The number of rotatable bonds is 6. The number of carbonyl (C=O) groups excluding carboxylic acids is 1. The Morgan fingerprint density at radius 3 is 2.92 bits per heavy atom. The Bertz CT molecular complexity index is 540. The molecule has 0 N–H and O–H groups in total. The van der Waals surface area contributed by atoms with Crippen LogP contribution in [0.4, 0.5) is 0 Å². The molecule has 0 radical (unpaired) electrons. The first-order chi connectivity index (χ1) is 11.7. The van der Waals surface area contributed by atoms with E-state index in [1.54, 1.807) is 0 Å². The predicted octanol–water partition coefficient (Wildman–Crippen LogP) is 3.19. The quantitative estimate of drug-likeness (QED) is 0.803. The van der Waals surface area contributed by atoms with Crippen LogP contribution in [0, 0.1) is 12.8 Å². The summed E-state index contributed by atoms with van der Waals surface area (Å²) < 4.78 is 0. The number of hydrogen-bond donors (Lipinski definition) is 0. The van der Waals surface area contributed by atoms with Gasteiger partial charge in [-0.15, -0.1) is 0 Å². The van der Waals surface area contributed by atoms with Crippen molar-refractivity contribution in [1.29, 1.82) is 0 Å². The fourth-order valence-corrected chi connectivity index (χ4v) is 3.83. The van der Waals surface area contributed by atoms with Gasteiger partial charge in [0.15, 0.2) is 0 Å². The normalized spacial score (nSPS) is 22.0. The molecule has 132 valence electrons. The van der Waals surface area contributed by atoms with Crippen LogP contribution in [0.3, 0.4) is 0 Å². The van der Waals surface area contributed by atoms with Gasteiger partial charge < -0.3 is 4.90 Å². The highest BCUT2D eigenvalue weighted by Crippen LogP contribution is 2.23. The summed E-state index contributed by atoms with van der Waals surface area (Å²) in [5, 5.41) is 1.94. The molecular weight excluding hydrogens is 300 g/mol. The number of piperidine rings is 1. The van der Waals surface area contributed by atoms with Crippen LogP contribution >= 0.6 is 0 Å². The van der Waals surface area contributed by atoms with E-state index in [9.17, 15) is 4.79 Å². The van der Waals surface area contributed by atoms with E-state index >= 15 is 0 Å². The molecule has 3 rings (SSSR count). The lowest BCUT2D eigenvalue weighted by Crippen LogP contribution is -2.41. The molecule has 1 amide bonds. The largest absolute Gasteiger partial charge is 0.342 e. The van der Waals surface area contributed by atoms with Crippen LogP contribution in [-0.2, 0) is 16.1 Å². The number of nitrogens with zero attached hydrogens (tertiary/aromatic N) is 2. The van der Waals surface area contributed by atoms with E-state index in [1.165, 1.54) is 24.0 Å². The van der Waals surface area contributed by atoms with Crippen molar-refractivity contribution in [3.8, 4) is 0 Å². The van der Waals surface area contributed by atoms with E-state index in [0.29, 0.717) is 18.2 Å². The molecule has 0 aliphatic carbocycles. The van der Waals surface area contributed by atoms with Crippen molar-refractivity contribution in [3.63, 3.8) is 0 Å². The molecule has 0 spiro atoms. The van der Waals surface area contributed by atoms with Gasteiger partial charge in [0.2, 0.25) is 5.91 Å². The van der Waals surface area contributed by atoms with Gasteiger partial charge in [-0.2, -0.15) is 5.06 Å². The van der Waals surface area contributed by atoms with Crippen molar-refractivity contribution in [1.82, 2.24) is 9.96 Å². The van der Waals surface area contributed by atoms with Gasteiger partial charge in [0, 0.05) is 32.6 Å². The van der Waals surface area contributed by atoms with Crippen molar-refractivity contribution >= 4 is 5.91 Å². The Labute approximate surface area is 145 Å². The molecule has 4 nitrogen and oxygen atoms in total. The maximum atomic E-state index is 12.5. The summed E-state index contributed by atoms with van der Waals surface area (Å²) in [4.78, 5) is 20.0. The van der Waals surface area contributed by atoms with Gasteiger partial charge in [-0.25, -0.2) is 0 Å². The summed E-state index contributed by atoms with van der Waals surface area (Å²) in [7, 11) is 0. The monoisotopic (exact) mass is 330 g/mol. The van der Waals surface area contributed by atoms with Crippen LogP contribution < -0.4 is 0 Å². The number of hydrogen-bond acceptors (Lipinski definition) is 3. The summed E-state index contributed by atoms with van der Waals surface area (Å²) in [6.45, 7) is 6.56. The Morgan fingerprint density at radius 1 is 1.25 bits per heavy atom. The average Bonchev–Trinajstić information content (AvgIpc) is 3.13. The molecule has 0 unspecified atom stereocenters. The topological polar surface area (TPSA) is 32.8 Å². The average molecular weight is 330 g/mol. The number of benzene rings is 1. The van der Waals surface area contributed by atoms with Crippen LogP contribution in [0.2, 0.25) is 0 Å². The minimum Gasteiger partial charge on any atom is -0.342 e. The maximum Gasteiger partial charge on any atom is 0.223 e. The molecule has 2 aliphatic rings. The highest BCUT2D eigenvalue weighted by Gasteiger charge is 2.24. The van der Waals surface area contributed by atoms with Gasteiger partial charge in [0.1, 0.15) is 0 Å². The third-order valence-corrected chi connectivity index (χ3v) is 5.36. The van der Waals surface area contributed by atoms with Crippen molar-refractivity contribution < 1.29 is 9.63 Å². The lowest BCUT2D eigenvalue weighted by atomic mass is 9.90.